The third kappa shape index (κ3) is 8.92. The molecular weight excluding hydrogens is 441 g/mol. The molecule has 0 aromatic rings. The van der Waals surface area contributed by atoms with Crippen molar-refractivity contribution in [2.75, 3.05) is 0 Å². The van der Waals surface area contributed by atoms with Crippen LogP contribution in [0.1, 0.15) is 0 Å². The molecule has 1 radical (unpaired) electrons. The first-order valence-corrected chi connectivity index (χ1v) is 1.67. The van der Waals surface area contributed by atoms with E-state index >= 15 is 0 Å². The number of hydrogen-bond donors (Lipinski definition) is 0. The summed E-state index contributed by atoms with van der Waals surface area (Å²) in [5, 5.41) is 0. The van der Waals surface area contributed by atoms with Crippen molar-refractivity contribution in [2.24, 2.45) is 0 Å². The molecule has 0 rings (SSSR count). The van der Waals surface area contributed by atoms with Crippen LogP contribution in [-0.4, -0.2) is 0 Å². The Kier molecular flexibility index (Phi) is 64.9. The van der Waals surface area contributed by atoms with Crippen LogP contribution in [-0.2, 0) is 59.9 Å². The normalized spacial score (nSPS) is 0.750. The molecule has 0 aromatic carbocycles. The Hall–Kier alpha value is 3.10. The Bertz CT molecular complexity index is 8.00. The standard InChI is InChI=1S/Gd.Hf.O.Y. The van der Waals surface area contributed by atoms with E-state index in [1.54, 1.807) is 0 Å². The van der Waals surface area contributed by atoms with Crippen molar-refractivity contribution in [1.29, 1.82) is 0 Å². The average Bonchev–Trinajstić information content (AvgIpc) is 1.00. The van der Waals surface area contributed by atoms with Gasteiger partial charge in [0.25, 0.3) is 0 Å². The average molecular weight is 441 g/mol. The fourth-order valence-corrected chi connectivity index (χ4v) is 0. The Labute approximate surface area is 97.2 Å². The molecule has 0 atom stereocenters. The summed E-state index contributed by atoms with van der Waals surface area (Å²) in [6, 6.07) is 0. The maximum absolute atomic E-state index is 8.39. The van der Waals surface area contributed by atoms with Crippen molar-refractivity contribution < 1.29 is 99.9 Å². The fraction of sp³-hybridized carbons (Fsp3) is 0. The molecule has 0 N–H and O–H groups in total. The Balaban J connectivity index is -0.00000000500. The molecule has 0 aliphatic heterocycles. The van der Waals surface area contributed by atoms with E-state index in [-0.39, 0.29) is 97.0 Å². The smallest absolute Gasteiger partial charge is 0 e. The molecule has 0 heterocycles. The zero-order valence-corrected chi connectivity index (χ0v) is 10.5. The molecule has 0 fully saturated rings. The molecule has 21 valence electrons. The summed E-state index contributed by atoms with van der Waals surface area (Å²) in [5.41, 5.74) is 0. The number of rotatable bonds is 0. The van der Waals surface area contributed by atoms with E-state index in [1.165, 1.54) is 0 Å². The van der Waals surface area contributed by atoms with Gasteiger partial charge in [-0.25, -0.2) is 0 Å². The molecule has 0 aliphatic carbocycles. The molecule has 0 saturated carbocycles. The van der Waals surface area contributed by atoms with E-state index < -0.39 is 0 Å². The summed E-state index contributed by atoms with van der Waals surface area (Å²) in [6.07, 6.45) is 0. The molecule has 0 aliphatic rings. The summed E-state index contributed by atoms with van der Waals surface area (Å²) in [5.74, 6) is 0. The SMILES string of the molecule is [Gd].[O]=[Hf].[Y]. The van der Waals surface area contributed by atoms with Gasteiger partial charge in [-0.15, -0.1) is 0 Å². The van der Waals surface area contributed by atoms with Gasteiger partial charge in [-0.3, -0.25) is 0 Å². The van der Waals surface area contributed by atoms with E-state index in [1.807, 2.05) is 0 Å². The second-order valence-electron chi connectivity index (χ2n) is 0. The fourth-order valence-electron chi connectivity index (χ4n) is 0. The van der Waals surface area contributed by atoms with Crippen LogP contribution in [0.3, 0.4) is 0 Å². The van der Waals surface area contributed by atoms with Crippen LogP contribution in [0.15, 0.2) is 0 Å². The van der Waals surface area contributed by atoms with Crippen molar-refractivity contribution in [2.45, 2.75) is 0 Å². The van der Waals surface area contributed by atoms with Gasteiger partial charge in [-0.05, 0) is 0 Å². The van der Waals surface area contributed by atoms with Crippen molar-refractivity contribution in [1.82, 2.24) is 0 Å². The van der Waals surface area contributed by atoms with Crippen LogP contribution in [0.4, 0.5) is 0 Å². The van der Waals surface area contributed by atoms with Gasteiger partial charge in [0.1, 0.15) is 0 Å². The molecule has 1 nitrogen and oxygen atoms in total. The van der Waals surface area contributed by atoms with E-state index in [9.17, 15) is 0 Å². The minimum atomic E-state index is 0. The van der Waals surface area contributed by atoms with Crippen molar-refractivity contribution in [3.63, 3.8) is 0 Å². The number of hydrogen-bond acceptors (Lipinski definition) is 1. The first-order chi connectivity index (χ1) is 1.00. The summed E-state index contributed by atoms with van der Waals surface area (Å²) < 4.78 is 8.39. The van der Waals surface area contributed by atoms with E-state index in [0.717, 1.165) is 0 Å². The zero-order chi connectivity index (χ0) is 2.00. The first kappa shape index (κ1) is 15.7. The van der Waals surface area contributed by atoms with Crippen LogP contribution < -0.4 is 0 Å². The van der Waals surface area contributed by atoms with Gasteiger partial charge in [0.05, 0.1) is 0 Å². The van der Waals surface area contributed by atoms with Gasteiger partial charge in [-0.1, -0.05) is 0 Å². The Morgan fingerprint density at radius 3 is 1.25 bits per heavy atom. The van der Waals surface area contributed by atoms with Gasteiger partial charge in [0.15, 0.2) is 0 Å². The van der Waals surface area contributed by atoms with Crippen LogP contribution >= 0.6 is 0 Å². The molecule has 0 saturated heterocycles. The van der Waals surface area contributed by atoms with Crippen LogP contribution in [0.5, 0.6) is 0 Å². The second kappa shape index (κ2) is 16.5. The van der Waals surface area contributed by atoms with Gasteiger partial charge in [-0.2, -0.15) is 0 Å². The largest absolute Gasteiger partial charge is 0 e. The molecule has 0 amide bonds. The second-order valence-corrected chi connectivity index (χ2v) is 0. The molecule has 0 aromatic heterocycles. The summed E-state index contributed by atoms with van der Waals surface area (Å²) in [7, 11) is 0. The molecular formula is GdHfOY. The van der Waals surface area contributed by atoms with E-state index in [0.29, 0.717) is 0 Å². The van der Waals surface area contributed by atoms with Gasteiger partial charge in [0.2, 0.25) is 0 Å². The molecule has 4 heteroatoms. The topological polar surface area (TPSA) is 17.1 Å². The monoisotopic (exact) mass is 443 g/mol. The van der Waals surface area contributed by atoms with E-state index in [4.69, 9.17) is 2.85 Å². The molecule has 0 unspecified atom stereocenters. The maximum Gasteiger partial charge on any atom is 0 e. The summed E-state index contributed by atoms with van der Waals surface area (Å²) in [6.45, 7) is 0. The van der Waals surface area contributed by atoms with Crippen LogP contribution in [0.25, 0.3) is 0 Å². The predicted octanol–water partition coefficient (Wildman–Crippen LogP) is -0.124. The van der Waals surface area contributed by atoms with Gasteiger partial charge >= 0.3 is 27.2 Å². The predicted molar refractivity (Wildman–Crippen MR) is 0.686 cm³/mol. The Morgan fingerprint density at radius 1 is 1.25 bits per heavy atom. The quantitative estimate of drug-likeness (QED) is 0.480. The van der Waals surface area contributed by atoms with Crippen LogP contribution in [0.2, 0.25) is 0 Å². The van der Waals surface area contributed by atoms with E-state index in [2.05, 4.69) is 0 Å². The zero-order valence-electron chi connectivity index (χ0n) is 1.84. The minimum absolute atomic E-state index is 0. The summed E-state index contributed by atoms with van der Waals surface area (Å²) >= 11 is 0.0556. The Morgan fingerprint density at radius 2 is 1.25 bits per heavy atom. The van der Waals surface area contributed by atoms with Crippen LogP contribution in [0, 0.1) is 39.9 Å². The van der Waals surface area contributed by atoms with Crippen molar-refractivity contribution >= 4 is 0 Å². The van der Waals surface area contributed by atoms with Gasteiger partial charge < -0.3 is 0 Å². The summed E-state index contributed by atoms with van der Waals surface area (Å²) in [4.78, 5) is 0. The van der Waals surface area contributed by atoms with Crippen molar-refractivity contribution in [3.05, 3.63) is 0 Å². The maximum atomic E-state index is 8.39. The van der Waals surface area contributed by atoms with Crippen molar-refractivity contribution in [3.8, 4) is 0 Å². The third-order valence-electron chi connectivity index (χ3n) is 0. The first-order valence-electron chi connectivity index (χ1n) is 0.204. The molecule has 0 bridgehead atoms. The van der Waals surface area contributed by atoms with Gasteiger partial charge in [0, 0.05) is 72.6 Å². The molecule has 4 heavy (non-hydrogen) atoms. The minimum Gasteiger partial charge on any atom is 0 e. The molecule has 0 spiro atoms. The third-order valence-corrected chi connectivity index (χ3v) is 0.